The van der Waals surface area contributed by atoms with Gasteiger partial charge in [0.1, 0.15) is 11.5 Å². The molecule has 2 amide bonds. The predicted molar refractivity (Wildman–Crippen MR) is 105 cm³/mol. The number of anilines is 1. The van der Waals surface area contributed by atoms with Crippen molar-refractivity contribution in [2.24, 2.45) is 5.10 Å². The third kappa shape index (κ3) is 4.79. The molecule has 3 rings (SSSR count). The number of hydrazone groups is 1. The van der Waals surface area contributed by atoms with Crippen LogP contribution in [-0.2, 0) is 0 Å². The molecule has 9 heteroatoms. The average Bonchev–Trinajstić information content (AvgIpc) is 3.12. The van der Waals surface area contributed by atoms with Gasteiger partial charge in [0.15, 0.2) is 0 Å². The van der Waals surface area contributed by atoms with Gasteiger partial charge in [-0.25, -0.2) is 10.2 Å². The van der Waals surface area contributed by atoms with E-state index in [1.165, 1.54) is 18.3 Å². The van der Waals surface area contributed by atoms with Crippen LogP contribution in [-0.4, -0.2) is 17.2 Å². The summed E-state index contributed by atoms with van der Waals surface area (Å²) in [5, 5.41) is 17.2. The standard InChI is InChI=1S/C18H13BrN4O4/c19-15-3-1-2-4-16(15)21-18(24)22-20-11-14-9-10-17(27-14)12-5-7-13(8-6-12)23(25)26/h1-11H,(H2,21,22,24)/b20-11+. The minimum atomic E-state index is -0.500. The molecule has 2 N–H and O–H groups in total. The van der Waals surface area contributed by atoms with Crippen molar-refractivity contribution in [1.82, 2.24) is 5.43 Å². The summed E-state index contributed by atoms with van der Waals surface area (Å²) in [6, 6.07) is 16.1. The van der Waals surface area contributed by atoms with E-state index >= 15 is 0 Å². The number of nitrogens with one attached hydrogen (secondary N) is 2. The van der Waals surface area contributed by atoms with Crippen molar-refractivity contribution < 1.29 is 14.1 Å². The Morgan fingerprint density at radius 2 is 1.85 bits per heavy atom. The maximum Gasteiger partial charge on any atom is 0.339 e. The van der Waals surface area contributed by atoms with E-state index in [9.17, 15) is 14.9 Å². The predicted octanol–water partition coefficient (Wildman–Crippen LogP) is 4.77. The molecular formula is C18H13BrN4O4. The molecule has 2 aromatic carbocycles. The number of non-ortho nitro benzene ring substituents is 1. The van der Waals surface area contributed by atoms with E-state index in [1.807, 2.05) is 6.07 Å². The van der Waals surface area contributed by atoms with E-state index in [0.717, 1.165) is 4.47 Å². The number of furan rings is 1. The number of nitro groups is 1. The summed E-state index contributed by atoms with van der Waals surface area (Å²) in [4.78, 5) is 22.0. The fourth-order valence-corrected chi connectivity index (χ4v) is 2.58. The number of nitro benzene ring substituents is 1. The first-order valence-electron chi connectivity index (χ1n) is 7.72. The number of rotatable bonds is 5. The zero-order chi connectivity index (χ0) is 19.2. The number of amides is 2. The average molecular weight is 429 g/mol. The Hall–Kier alpha value is -3.46. The number of nitrogens with zero attached hydrogens (tertiary/aromatic N) is 2. The molecule has 0 radical (unpaired) electrons. The molecule has 0 fully saturated rings. The first kappa shape index (κ1) is 18.3. The molecule has 3 aromatic rings. The van der Waals surface area contributed by atoms with E-state index in [2.05, 4.69) is 31.8 Å². The molecule has 136 valence electrons. The van der Waals surface area contributed by atoms with Gasteiger partial charge in [-0.1, -0.05) is 12.1 Å². The second-order valence-electron chi connectivity index (χ2n) is 5.31. The molecule has 0 saturated heterocycles. The van der Waals surface area contributed by atoms with E-state index in [4.69, 9.17) is 4.42 Å². The summed E-state index contributed by atoms with van der Waals surface area (Å²) >= 11 is 3.33. The highest BCUT2D eigenvalue weighted by Gasteiger charge is 2.08. The number of benzene rings is 2. The molecule has 1 aromatic heterocycles. The quantitative estimate of drug-likeness (QED) is 0.346. The highest BCUT2D eigenvalue weighted by Crippen LogP contribution is 2.24. The smallest absolute Gasteiger partial charge is 0.339 e. The first-order valence-corrected chi connectivity index (χ1v) is 8.51. The Balaban J connectivity index is 1.59. The minimum absolute atomic E-state index is 0.00681. The topological polar surface area (TPSA) is 110 Å². The lowest BCUT2D eigenvalue weighted by Gasteiger charge is -2.05. The number of carbonyl (C=O) groups is 1. The van der Waals surface area contributed by atoms with E-state index in [-0.39, 0.29) is 5.69 Å². The van der Waals surface area contributed by atoms with Gasteiger partial charge in [-0.05, 0) is 52.3 Å². The largest absolute Gasteiger partial charge is 0.455 e. The molecule has 0 saturated carbocycles. The number of hydrogen-bond donors (Lipinski definition) is 2. The van der Waals surface area contributed by atoms with Gasteiger partial charge in [0, 0.05) is 22.2 Å². The number of carbonyl (C=O) groups excluding carboxylic acids is 1. The maximum atomic E-state index is 11.8. The van der Waals surface area contributed by atoms with Gasteiger partial charge < -0.3 is 9.73 Å². The summed E-state index contributed by atoms with van der Waals surface area (Å²) in [6.45, 7) is 0. The van der Waals surface area contributed by atoms with Crippen LogP contribution in [0.4, 0.5) is 16.2 Å². The van der Waals surface area contributed by atoms with Crippen molar-refractivity contribution in [2.45, 2.75) is 0 Å². The van der Waals surface area contributed by atoms with Gasteiger partial charge in [0.05, 0.1) is 16.8 Å². The molecule has 0 spiro atoms. The van der Waals surface area contributed by atoms with Gasteiger partial charge in [-0.15, -0.1) is 0 Å². The molecule has 0 aliphatic rings. The SMILES string of the molecule is O=C(N/N=C/c1ccc(-c2ccc([N+](=O)[O-])cc2)o1)Nc1ccccc1Br. The Morgan fingerprint density at radius 3 is 2.56 bits per heavy atom. The molecule has 27 heavy (non-hydrogen) atoms. The van der Waals surface area contributed by atoms with Crippen LogP contribution < -0.4 is 10.7 Å². The van der Waals surface area contributed by atoms with Crippen molar-refractivity contribution in [3.63, 3.8) is 0 Å². The molecule has 8 nitrogen and oxygen atoms in total. The summed E-state index contributed by atoms with van der Waals surface area (Å²) in [7, 11) is 0. The van der Waals surface area contributed by atoms with Crippen molar-refractivity contribution in [3.05, 3.63) is 81.0 Å². The number of halogens is 1. The molecule has 0 aliphatic carbocycles. The van der Waals surface area contributed by atoms with Crippen LogP contribution >= 0.6 is 15.9 Å². The van der Waals surface area contributed by atoms with Crippen LogP contribution in [0.1, 0.15) is 5.76 Å². The van der Waals surface area contributed by atoms with E-state index in [1.54, 1.807) is 42.5 Å². The van der Waals surface area contributed by atoms with Gasteiger partial charge in [0.25, 0.3) is 5.69 Å². The summed E-state index contributed by atoms with van der Waals surface area (Å²) in [6.07, 6.45) is 1.36. The fraction of sp³-hybridized carbons (Fsp3) is 0. The van der Waals surface area contributed by atoms with Gasteiger partial charge >= 0.3 is 6.03 Å². The second-order valence-corrected chi connectivity index (χ2v) is 6.16. The zero-order valence-corrected chi connectivity index (χ0v) is 15.3. The molecule has 1 heterocycles. The zero-order valence-electron chi connectivity index (χ0n) is 13.8. The molecular weight excluding hydrogens is 416 g/mol. The van der Waals surface area contributed by atoms with Crippen molar-refractivity contribution in [1.29, 1.82) is 0 Å². The summed E-state index contributed by atoms with van der Waals surface area (Å²) < 4.78 is 6.34. The number of para-hydroxylation sites is 1. The van der Waals surface area contributed by atoms with E-state index < -0.39 is 11.0 Å². The summed E-state index contributed by atoms with van der Waals surface area (Å²) in [5.74, 6) is 0.952. The summed E-state index contributed by atoms with van der Waals surface area (Å²) in [5.41, 5.74) is 3.66. The Labute approximate surface area is 162 Å². The van der Waals surface area contributed by atoms with E-state index in [0.29, 0.717) is 22.8 Å². The van der Waals surface area contributed by atoms with Crippen LogP contribution in [0.15, 0.2) is 74.7 Å². The van der Waals surface area contributed by atoms with Crippen LogP contribution in [0.2, 0.25) is 0 Å². The monoisotopic (exact) mass is 428 g/mol. The van der Waals surface area contributed by atoms with Crippen molar-refractivity contribution in [3.8, 4) is 11.3 Å². The fourth-order valence-electron chi connectivity index (χ4n) is 2.19. The Kier molecular flexibility index (Phi) is 5.62. The highest BCUT2D eigenvalue weighted by atomic mass is 79.9. The lowest BCUT2D eigenvalue weighted by molar-refractivity contribution is -0.384. The Morgan fingerprint density at radius 1 is 1.11 bits per heavy atom. The van der Waals surface area contributed by atoms with Gasteiger partial charge in [-0.3, -0.25) is 10.1 Å². The van der Waals surface area contributed by atoms with Crippen molar-refractivity contribution >= 4 is 39.6 Å². The van der Waals surface area contributed by atoms with Crippen LogP contribution in [0, 0.1) is 10.1 Å². The maximum absolute atomic E-state index is 11.8. The molecule has 0 aliphatic heterocycles. The third-order valence-corrected chi connectivity index (χ3v) is 4.16. The second kappa shape index (κ2) is 8.28. The molecule has 0 unspecified atom stereocenters. The first-order chi connectivity index (χ1) is 13.0. The molecule has 0 atom stereocenters. The third-order valence-electron chi connectivity index (χ3n) is 3.47. The molecule has 0 bridgehead atoms. The van der Waals surface area contributed by atoms with Crippen LogP contribution in [0.3, 0.4) is 0 Å². The van der Waals surface area contributed by atoms with Gasteiger partial charge in [-0.2, -0.15) is 5.10 Å². The highest BCUT2D eigenvalue weighted by molar-refractivity contribution is 9.10. The van der Waals surface area contributed by atoms with Crippen LogP contribution in [0.5, 0.6) is 0 Å². The lowest BCUT2D eigenvalue weighted by atomic mass is 10.1. The number of urea groups is 1. The minimum Gasteiger partial charge on any atom is -0.455 e. The van der Waals surface area contributed by atoms with Crippen molar-refractivity contribution in [2.75, 3.05) is 5.32 Å². The lowest BCUT2D eigenvalue weighted by Crippen LogP contribution is -2.24. The Bertz CT molecular complexity index is 999. The normalized spacial score (nSPS) is 10.7. The van der Waals surface area contributed by atoms with Crippen LogP contribution in [0.25, 0.3) is 11.3 Å². The number of hydrogen-bond acceptors (Lipinski definition) is 5. The van der Waals surface area contributed by atoms with Gasteiger partial charge in [0.2, 0.25) is 0 Å².